The highest BCUT2D eigenvalue weighted by molar-refractivity contribution is 5.91. The minimum absolute atomic E-state index is 0.115. The zero-order valence-electron chi connectivity index (χ0n) is 8.36. The number of carbonyl (C=O) groups is 2. The SMILES string of the molecule is CC(=O)Nc1ccc(/C=C\C(N)=O)cc1. The zero-order valence-corrected chi connectivity index (χ0v) is 8.36. The predicted molar refractivity (Wildman–Crippen MR) is 59.0 cm³/mol. The van der Waals surface area contributed by atoms with Gasteiger partial charge in [0.05, 0.1) is 0 Å². The van der Waals surface area contributed by atoms with Crippen molar-refractivity contribution in [1.29, 1.82) is 0 Å². The molecule has 0 aliphatic carbocycles. The summed E-state index contributed by atoms with van der Waals surface area (Å²) in [5.41, 5.74) is 6.52. The molecular weight excluding hydrogens is 192 g/mol. The molecule has 0 spiro atoms. The van der Waals surface area contributed by atoms with Gasteiger partial charge in [0.2, 0.25) is 11.8 Å². The molecule has 0 bridgehead atoms. The van der Waals surface area contributed by atoms with Crippen LogP contribution >= 0.6 is 0 Å². The molecule has 1 rings (SSSR count). The summed E-state index contributed by atoms with van der Waals surface area (Å²) >= 11 is 0. The van der Waals surface area contributed by atoms with Crippen molar-refractivity contribution in [2.45, 2.75) is 6.92 Å². The van der Waals surface area contributed by atoms with Crippen LogP contribution in [0.1, 0.15) is 12.5 Å². The van der Waals surface area contributed by atoms with E-state index in [0.717, 1.165) is 11.3 Å². The summed E-state index contributed by atoms with van der Waals surface area (Å²) in [5, 5.41) is 2.64. The second-order valence-electron chi connectivity index (χ2n) is 3.04. The quantitative estimate of drug-likeness (QED) is 0.725. The minimum atomic E-state index is -0.485. The summed E-state index contributed by atoms with van der Waals surface area (Å²) < 4.78 is 0. The van der Waals surface area contributed by atoms with E-state index in [2.05, 4.69) is 5.32 Å². The number of carbonyl (C=O) groups excluding carboxylic acids is 2. The van der Waals surface area contributed by atoms with E-state index in [9.17, 15) is 9.59 Å². The Labute approximate surface area is 87.8 Å². The number of nitrogens with two attached hydrogens (primary N) is 1. The van der Waals surface area contributed by atoms with Gasteiger partial charge in [-0.25, -0.2) is 0 Å². The van der Waals surface area contributed by atoms with Crippen LogP contribution in [0.5, 0.6) is 0 Å². The summed E-state index contributed by atoms with van der Waals surface area (Å²) in [6, 6.07) is 7.07. The molecule has 78 valence electrons. The van der Waals surface area contributed by atoms with Crippen LogP contribution in [0.3, 0.4) is 0 Å². The summed E-state index contributed by atoms with van der Waals surface area (Å²) in [5.74, 6) is -0.601. The van der Waals surface area contributed by atoms with Gasteiger partial charge in [-0.05, 0) is 23.8 Å². The van der Waals surface area contributed by atoms with E-state index in [0.29, 0.717) is 0 Å². The Morgan fingerprint density at radius 3 is 2.33 bits per heavy atom. The maximum atomic E-state index is 10.7. The fraction of sp³-hybridized carbons (Fsp3) is 0.0909. The van der Waals surface area contributed by atoms with E-state index in [1.165, 1.54) is 13.0 Å². The molecule has 0 aromatic heterocycles. The lowest BCUT2D eigenvalue weighted by Gasteiger charge is -2.01. The van der Waals surface area contributed by atoms with Crippen LogP contribution in [-0.2, 0) is 9.59 Å². The van der Waals surface area contributed by atoms with Crippen LogP contribution in [0, 0.1) is 0 Å². The first-order valence-electron chi connectivity index (χ1n) is 4.43. The average molecular weight is 204 g/mol. The highest BCUT2D eigenvalue weighted by Gasteiger charge is 1.94. The fourth-order valence-electron chi connectivity index (χ4n) is 1.06. The Hall–Kier alpha value is -2.10. The molecule has 0 heterocycles. The van der Waals surface area contributed by atoms with Crippen molar-refractivity contribution in [3.8, 4) is 0 Å². The highest BCUT2D eigenvalue weighted by Crippen LogP contribution is 2.10. The first-order chi connectivity index (χ1) is 7.08. The summed E-state index contributed by atoms with van der Waals surface area (Å²) in [6.07, 6.45) is 2.90. The van der Waals surface area contributed by atoms with Crippen LogP contribution in [0.2, 0.25) is 0 Å². The maximum Gasteiger partial charge on any atom is 0.241 e. The molecule has 0 atom stereocenters. The summed E-state index contributed by atoms with van der Waals surface area (Å²) in [4.78, 5) is 21.2. The van der Waals surface area contributed by atoms with Gasteiger partial charge in [-0.15, -0.1) is 0 Å². The number of anilines is 1. The largest absolute Gasteiger partial charge is 0.366 e. The zero-order chi connectivity index (χ0) is 11.3. The Balaban J connectivity index is 2.72. The summed E-state index contributed by atoms with van der Waals surface area (Å²) in [7, 11) is 0. The number of hydrogen-bond acceptors (Lipinski definition) is 2. The molecule has 0 saturated heterocycles. The van der Waals surface area contributed by atoms with Gasteiger partial charge in [-0.2, -0.15) is 0 Å². The molecule has 15 heavy (non-hydrogen) atoms. The first kappa shape index (κ1) is 11.0. The molecule has 2 amide bonds. The monoisotopic (exact) mass is 204 g/mol. The van der Waals surface area contributed by atoms with E-state index < -0.39 is 5.91 Å². The van der Waals surface area contributed by atoms with Gasteiger partial charge in [-0.1, -0.05) is 12.1 Å². The molecule has 0 aliphatic heterocycles. The minimum Gasteiger partial charge on any atom is -0.366 e. The van der Waals surface area contributed by atoms with Crippen LogP contribution in [-0.4, -0.2) is 11.8 Å². The number of rotatable bonds is 3. The Kier molecular flexibility index (Phi) is 3.62. The van der Waals surface area contributed by atoms with Crippen molar-refractivity contribution in [3.63, 3.8) is 0 Å². The first-order valence-corrected chi connectivity index (χ1v) is 4.43. The Morgan fingerprint density at radius 1 is 1.27 bits per heavy atom. The van der Waals surface area contributed by atoms with Crippen molar-refractivity contribution in [3.05, 3.63) is 35.9 Å². The number of hydrogen-bond donors (Lipinski definition) is 2. The standard InChI is InChI=1S/C11H12N2O2/c1-8(14)13-10-5-2-9(3-6-10)4-7-11(12)15/h2-7H,1H3,(H2,12,15)(H,13,14)/b7-4-. The Bertz CT molecular complexity index is 394. The van der Waals surface area contributed by atoms with Gasteiger partial charge in [0.15, 0.2) is 0 Å². The Morgan fingerprint density at radius 2 is 1.87 bits per heavy atom. The summed E-state index contributed by atoms with van der Waals surface area (Å²) in [6.45, 7) is 1.45. The van der Waals surface area contributed by atoms with Crippen LogP contribution in [0.25, 0.3) is 6.08 Å². The lowest BCUT2D eigenvalue weighted by molar-refractivity contribution is -0.114. The molecule has 4 heteroatoms. The van der Waals surface area contributed by atoms with Gasteiger partial charge < -0.3 is 11.1 Å². The van der Waals surface area contributed by atoms with E-state index in [-0.39, 0.29) is 5.91 Å². The second-order valence-corrected chi connectivity index (χ2v) is 3.04. The third-order valence-electron chi connectivity index (χ3n) is 1.67. The highest BCUT2D eigenvalue weighted by atomic mass is 16.1. The van der Waals surface area contributed by atoms with Crippen molar-refractivity contribution in [2.75, 3.05) is 5.32 Å². The molecule has 1 aromatic rings. The second kappa shape index (κ2) is 4.95. The van der Waals surface area contributed by atoms with Crippen molar-refractivity contribution in [2.24, 2.45) is 5.73 Å². The molecule has 3 N–H and O–H groups in total. The van der Waals surface area contributed by atoms with Crippen LogP contribution < -0.4 is 11.1 Å². The van der Waals surface area contributed by atoms with E-state index in [1.807, 2.05) is 0 Å². The number of primary amides is 1. The van der Waals surface area contributed by atoms with Crippen molar-refractivity contribution in [1.82, 2.24) is 0 Å². The number of nitrogens with one attached hydrogen (secondary N) is 1. The topological polar surface area (TPSA) is 72.2 Å². The molecule has 0 aliphatic rings. The van der Waals surface area contributed by atoms with Gasteiger partial charge in [-0.3, -0.25) is 9.59 Å². The van der Waals surface area contributed by atoms with Crippen molar-refractivity contribution >= 4 is 23.6 Å². The molecule has 0 unspecified atom stereocenters. The smallest absolute Gasteiger partial charge is 0.241 e. The molecular formula is C11H12N2O2. The number of benzene rings is 1. The van der Waals surface area contributed by atoms with E-state index >= 15 is 0 Å². The van der Waals surface area contributed by atoms with Gasteiger partial charge in [0.25, 0.3) is 0 Å². The molecule has 4 nitrogen and oxygen atoms in total. The number of amides is 2. The van der Waals surface area contributed by atoms with E-state index in [1.54, 1.807) is 30.3 Å². The van der Waals surface area contributed by atoms with Gasteiger partial charge >= 0.3 is 0 Å². The van der Waals surface area contributed by atoms with Crippen LogP contribution in [0.15, 0.2) is 30.3 Å². The molecule has 0 saturated carbocycles. The van der Waals surface area contributed by atoms with Crippen molar-refractivity contribution < 1.29 is 9.59 Å². The van der Waals surface area contributed by atoms with Gasteiger partial charge in [0.1, 0.15) is 0 Å². The van der Waals surface area contributed by atoms with Crippen LogP contribution in [0.4, 0.5) is 5.69 Å². The normalized spacial score (nSPS) is 10.2. The third-order valence-corrected chi connectivity index (χ3v) is 1.67. The maximum absolute atomic E-state index is 10.7. The fourth-order valence-corrected chi connectivity index (χ4v) is 1.06. The molecule has 0 radical (unpaired) electrons. The molecule has 0 fully saturated rings. The average Bonchev–Trinajstić information content (AvgIpc) is 2.16. The lowest BCUT2D eigenvalue weighted by atomic mass is 10.2. The lowest BCUT2D eigenvalue weighted by Crippen LogP contribution is -2.05. The predicted octanol–water partition coefficient (Wildman–Crippen LogP) is 1.14. The molecule has 1 aromatic carbocycles. The van der Waals surface area contributed by atoms with Gasteiger partial charge in [0, 0.05) is 18.7 Å². The van der Waals surface area contributed by atoms with E-state index in [4.69, 9.17) is 5.73 Å². The third kappa shape index (κ3) is 4.08.